The van der Waals surface area contributed by atoms with Gasteiger partial charge in [0.15, 0.2) is 5.90 Å². The molecule has 0 spiro atoms. The number of nitrogens with one attached hydrogen (secondary N) is 1. The number of rotatable bonds is 3. The molecule has 4 heteroatoms. The zero-order valence-corrected chi connectivity index (χ0v) is 10.9. The monoisotopic (exact) mass is 262 g/mol. The van der Waals surface area contributed by atoms with Crippen molar-refractivity contribution in [2.75, 3.05) is 19.6 Å². The van der Waals surface area contributed by atoms with Crippen molar-refractivity contribution < 1.29 is 9.13 Å². The van der Waals surface area contributed by atoms with Gasteiger partial charge in [-0.2, -0.15) is 0 Å². The van der Waals surface area contributed by atoms with E-state index >= 15 is 0 Å². The van der Waals surface area contributed by atoms with E-state index in [1.807, 2.05) is 12.1 Å². The van der Waals surface area contributed by atoms with Crippen LogP contribution in [-0.4, -0.2) is 31.6 Å². The Balaban J connectivity index is 1.54. The quantitative estimate of drug-likeness (QED) is 0.905. The van der Waals surface area contributed by atoms with Crippen LogP contribution in [0.1, 0.15) is 18.4 Å². The minimum atomic E-state index is -0.192. The summed E-state index contributed by atoms with van der Waals surface area (Å²) in [5.74, 6) is 1.23. The average molecular weight is 262 g/mol. The Morgan fingerprint density at radius 3 is 2.68 bits per heavy atom. The summed E-state index contributed by atoms with van der Waals surface area (Å²) in [4.78, 5) is 4.55. The summed E-state index contributed by atoms with van der Waals surface area (Å²) in [6.45, 7) is 2.84. The van der Waals surface area contributed by atoms with Crippen LogP contribution in [0.5, 0.6) is 0 Å². The second-order valence-corrected chi connectivity index (χ2v) is 5.27. The zero-order valence-electron chi connectivity index (χ0n) is 10.9. The third kappa shape index (κ3) is 3.13. The fourth-order valence-electron chi connectivity index (χ4n) is 2.72. The molecule has 0 radical (unpaired) electrons. The van der Waals surface area contributed by atoms with Crippen LogP contribution in [0.15, 0.2) is 29.3 Å². The first-order valence-electron chi connectivity index (χ1n) is 6.97. The van der Waals surface area contributed by atoms with Gasteiger partial charge < -0.3 is 10.1 Å². The van der Waals surface area contributed by atoms with Gasteiger partial charge in [-0.1, -0.05) is 12.1 Å². The van der Waals surface area contributed by atoms with Gasteiger partial charge in [0.1, 0.15) is 11.9 Å². The molecule has 1 aromatic rings. The van der Waals surface area contributed by atoms with Crippen molar-refractivity contribution >= 4 is 5.90 Å². The highest BCUT2D eigenvalue weighted by atomic mass is 19.1. The zero-order chi connectivity index (χ0) is 13.1. The lowest BCUT2D eigenvalue weighted by molar-refractivity contribution is 0.204. The van der Waals surface area contributed by atoms with Crippen LogP contribution in [0.3, 0.4) is 0 Å². The molecular formula is C15H19FN2O. The molecule has 102 valence electrons. The van der Waals surface area contributed by atoms with Crippen molar-refractivity contribution in [3.05, 3.63) is 35.6 Å². The summed E-state index contributed by atoms with van der Waals surface area (Å²) in [5.41, 5.74) is 1.10. The third-order valence-corrected chi connectivity index (χ3v) is 3.80. The van der Waals surface area contributed by atoms with E-state index in [1.54, 1.807) is 0 Å². The number of halogens is 1. The smallest absolute Gasteiger partial charge is 0.187 e. The maximum absolute atomic E-state index is 12.8. The van der Waals surface area contributed by atoms with E-state index in [2.05, 4.69) is 10.3 Å². The van der Waals surface area contributed by atoms with Gasteiger partial charge in [0.05, 0.1) is 6.54 Å². The van der Waals surface area contributed by atoms with E-state index in [1.165, 1.54) is 12.1 Å². The highest BCUT2D eigenvalue weighted by molar-refractivity contribution is 5.80. The molecule has 1 saturated heterocycles. The number of nitrogens with zero attached hydrogens (tertiary/aromatic N) is 1. The number of hydrogen-bond acceptors (Lipinski definition) is 3. The molecule has 0 saturated carbocycles. The molecule has 1 atom stereocenters. The second-order valence-electron chi connectivity index (χ2n) is 5.27. The van der Waals surface area contributed by atoms with E-state index in [4.69, 9.17) is 4.74 Å². The Morgan fingerprint density at radius 2 is 1.95 bits per heavy atom. The first kappa shape index (κ1) is 12.6. The molecule has 1 fully saturated rings. The van der Waals surface area contributed by atoms with Crippen LogP contribution >= 0.6 is 0 Å². The van der Waals surface area contributed by atoms with Gasteiger partial charge in [-0.25, -0.2) is 4.39 Å². The minimum Gasteiger partial charge on any atom is -0.475 e. The molecule has 2 heterocycles. The molecule has 1 unspecified atom stereocenters. The molecule has 3 nitrogen and oxygen atoms in total. The molecule has 19 heavy (non-hydrogen) atoms. The van der Waals surface area contributed by atoms with Gasteiger partial charge in [0.25, 0.3) is 0 Å². The highest BCUT2D eigenvalue weighted by Gasteiger charge is 2.27. The van der Waals surface area contributed by atoms with Gasteiger partial charge in [0, 0.05) is 12.3 Å². The Labute approximate surface area is 112 Å². The predicted octanol–water partition coefficient (Wildman–Crippen LogP) is 2.17. The van der Waals surface area contributed by atoms with Gasteiger partial charge in [-0.3, -0.25) is 4.99 Å². The van der Waals surface area contributed by atoms with Gasteiger partial charge in [0.2, 0.25) is 0 Å². The van der Waals surface area contributed by atoms with Crippen LogP contribution in [0.25, 0.3) is 0 Å². The van der Waals surface area contributed by atoms with E-state index in [-0.39, 0.29) is 11.9 Å². The molecule has 0 aromatic heterocycles. The Hall–Kier alpha value is -1.42. The van der Waals surface area contributed by atoms with Gasteiger partial charge >= 0.3 is 0 Å². The highest BCUT2D eigenvalue weighted by Crippen LogP contribution is 2.21. The Morgan fingerprint density at radius 1 is 1.21 bits per heavy atom. The topological polar surface area (TPSA) is 33.6 Å². The van der Waals surface area contributed by atoms with Crippen LogP contribution in [-0.2, 0) is 11.2 Å². The number of ether oxygens (including phenoxy) is 1. The summed E-state index contributed by atoms with van der Waals surface area (Å²) in [6, 6.07) is 6.64. The van der Waals surface area contributed by atoms with E-state index < -0.39 is 0 Å². The molecular weight excluding hydrogens is 243 g/mol. The Bertz CT molecular complexity index is 452. The van der Waals surface area contributed by atoms with E-state index in [0.29, 0.717) is 5.92 Å². The van der Waals surface area contributed by atoms with E-state index in [0.717, 1.165) is 50.4 Å². The molecule has 2 aliphatic rings. The number of aliphatic imine (C=N–C) groups is 1. The van der Waals surface area contributed by atoms with Crippen LogP contribution in [0.2, 0.25) is 0 Å². The fourth-order valence-corrected chi connectivity index (χ4v) is 2.72. The number of piperidine rings is 1. The minimum absolute atomic E-state index is 0.121. The lowest BCUT2D eigenvalue weighted by Gasteiger charge is -2.23. The molecule has 1 N–H and O–H groups in total. The van der Waals surface area contributed by atoms with Crippen LogP contribution in [0, 0.1) is 11.7 Å². The SMILES string of the molecule is Fc1ccc(CC2CN=C(C3CCNCC3)O2)cc1. The van der Waals surface area contributed by atoms with Crippen molar-refractivity contribution in [1.82, 2.24) is 5.32 Å². The lowest BCUT2D eigenvalue weighted by Crippen LogP contribution is -2.32. The van der Waals surface area contributed by atoms with Crippen molar-refractivity contribution in [3.63, 3.8) is 0 Å². The summed E-state index contributed by atoms with van der Waals surface area (Å²) in [6.07, 6.45) is 3.15. The fraction of sp³-hybridized carbons (Fsp3) is 0.533. The van der Waals surface area contributed by atoms with E-state index in [9.17, 15) is 4.39 Å². The normalized spacial score (nSPS) is 24.1. The molecule has 1 aromatic carbocycles. The number of benzene rings is 1. The summed E-state index contributed by atoms with van der Waals surface area (Å²) >= 11 is 0. The average Bonchev–Trinajstić information content (AvgIpc) is 2.91. The molecule has 0 amide bonds. The first-order chi connectivity index (χ1) is 9.31. The maximum Gasteiger partial charge on any atom is 0.187 e. The Kier molecular flexibility index (Phi) is 3.78. The van der Waals surface area contributed by atoms with Gasteiger partial charge in [-0.15, -0.1) is 0 Å². The lowest BCUT2D eigenvalue weighted by atomic mass is 9.98. The van der Waals surface area contributed by atoms with Crippen LogP contribution in [0.4, 0.5) is 4.39 Å². The molecule has 0 aliphatic carbocycles. The van der Waals surface area contributed by atoms with Gasteiger partial charge in [-0.05, 0) is 43.6 Å². The summed E-state index contributed by atoms with van der Waals surface area (Å²) in [7, 11) is 0. The largest absolute Gasteiger partial charge is 0.475 e. The van der Waals surface area contributed by atoms with Crippen LogP contribution < -0.4 is 5.32 Å². The van der Waals surface area contributed by atoms with Crippen molar-refractivity contribution in [1.29, 1.82) is 0 Å². The standard InChI is InChI=1S/C15H19FN2O/c16-13-3-1-11(2-4-13)9-14-10-18-15(19-14)12-5-7-17-8-6-12/h1-4,12,14,17H,5-10H2. The molecule has 0 bridgehead atoms. The summed E-state index contributed by atoms with van der Waals surface area (Å²) in [5, 5.41) is 3.35. The van der Waals surface area contributed by atoms with Crippen molar-refractivity contribution in [3.8, 4) is 0 Å². The summed E-state index contributed by atoms with van der Waals surface area (Å²) < 4.78 is 18.8. The first-order valence-corrected chi connectivity index (χ1v) is 6.97. The number of hydrogen-bond donors (Lipinski definition) is 1. The molecule has 2 aliphatic heterocycles. The third-order valence-electron chi connectivity index (χ3n) is 3.80. The second kappa shape index (κ2) is 5.70. The predicted molar refractivity (Wildman–Crippen MR) is 72.9 cm³/mol. The maximum atomic E-state index is 12.8. The van der Waals surface area contributed by atoms with Crippen molar-refractivity contribution in [2.45, 2.75) is 25.4 Å². The molecule has 3 rings (SSSR count). The van der Waals surface area contributed by atoms with Crippen molar-refractivity contribution in [2.24, 2.45) is 10.9 Å².